The molecule has 4 fully saturated rings. The highest BCUT2D eigenvalue weighted by Gasteiger charge is 2.62. The lowest BCUT2D eigenvalue weighted by Gasteiger charge is -2.61. The third kappa shape index (κ3) is 5.44. The molecule has 8 atom stereocenters. The van der Waals surface area contributed by atoms with Gasteiger partial charge < -0.3 is 0 Å². The van der Waals surface area contributed by atoms with Crippen molar-refractivity contribution in [2.75, 3.05) is 6.16 Å². The molecule has 45 heavy (non-hydrogen) atoms. The summed E-state index contributed by atoms with van der Waals surface area (Å²) in [6.07, 6.45) is 12.3. The van der Waals surface area contributed by atoms with Crippen LogP contribution < -0.4 is 15.9 Å². The van der Waals surface area contributed by atoms with Crippen LogP contribution in [0.25, 0.3) is 0 Å². The molecule has 7 rings (SSSR count). The van der Waals surface area contributed by atoms with Crippen molar-refractivity contribution >= 4 is 23.2 Å². The van der Waals surface area contributed by atoms with E-state index in [0.29, 0.717) is 17.3 Å². The molecule has 0 unspecified atom stereocenters. The molecule has 0 saturated heterocycles. The van der Waals surface area contributed by atoms with E-state index in [2.05, 4.69) is 112 Å². The summed E-state index contributed by atoms with van der Waals surface area (Å²) >= 11 is 0. The van der Waals surface area contributed by atoms with Crippen molar-refractivity contribution in [1.29, 1.82) is 0 Å². The topological polar surface area (TPSA) is 0 Å². The molecule has 0 bridgehead atoms. The van der Waals surface area contributed by atoms with Gasteiger partial charge in [-0.05, 0) is 141 Å². The molecule has 0 aromatic heterocycles. The number of hydrogen-bond donors (Lipinski definition) is 0. The molecule has 0 amide bonds. The predicted molar refractivity (Wildman–Crippen MR) is 189 cm³/mol. The first-order valence-electron chi connectivity index (χ1n) is 18.1. The van der Waals surface area contributed by atoms with Crippen LogP contribution >= 0.6 is 7.26 Å². The number of fused-ring (bicyclic) bond motifs is 5. The van der Waals surface area contributed by atoms with Gasteiger partial charge in [-0.3, -0.25) is 0 Å². The highest BCUT2D eigenvalue weighted by molar-refractivity contribution is 7.95. The van der Waals surface area contributed by atoms with Crippen LogP contribution in [0.3, 0.4) is 0 Å². The lowest BCUT2D eigenvalue weighted by Crippen LogP contribution is -2.55. The Bertz CT molecular complexity index is 1330. The summed E-state index contributed by atoms with van der Waals surface area (Å²) in [7, 11) is -1.79. The van der Waals surface area contributed by atoms with Crippen LogP contribution in [0.1, 0.15) is 91.4 Å². The normalized spacial score (nSPS) is 34.7. The van der Waals surface area contributed by atoms with E-state index in [1.165, 1.54) is 67.0 Å². The van der Waals surface area contributed by atoms with Gasteiger partial charge in [-0.15, -0.1) is 0 Å². The molecule has 4 saturated carbocycles. The molecule has 3 heteroatoms. The maximum absolute atomic E-state index is 14.5. The van der Waals surface area contributed by atoms with Gasteiger partial charge in [-0.2, -0.15) is 0 Å². The van der Waals surface area contributed by atoms with Crippen molar-refractivity contribution in [1.82, 2.24) is 0 Å². The Labute approximate surface area is 272 Å². The Hall–Kier alpha value is -2.05. The average molecular weight is 628 g/mol. The summed E-state index contributed by atoms with van der Waals surface area (Å²) < 4.78 is 28.9. The van der Waals surface area contributed by atoms with E-state index in [4.69, 9.17) is 0 Å². The largest absolute Gasteiger partial charge is 0.248 e. The zero-order chi connectivity index (χ0) is 31.3. The molecule has 0 N–H and O–H groups in total. The van der Waals surface area contributed by atoms with Crippen molar-refractivity contribution in [2.24, 2.45) is 46.3 Å². The van der Waals surface area contributed by atoms with Crippen molar-refractivity contribution in [3.05, 3.63) is 91.0 Å². The molecule has 0 nitrogen and oxygen atoms in total. The van der Waals surface area contributed by atoms with Gasteiger partial charge in [0, 0.05) is 12.8 Å². The summed E-state index contributed by atoms with van der Waals surface area (Å²) in [5.74, 6) is 1.48. The smallest absolute Gasteiger partial charge is 0.207 e. The van der Waals surface area contributed by atoms with Crippen LogP contribution in [0.2, 0.25) is 0 Å². The molecule has 240 valence electrons. The van der Waals surface area contributed by atoms with Crippen molar-refractivity contribution < 1.29 is 8.78 Å². The fraction of sp³-hybridized carbons (Fsp3) is 0.571. The second-order valence-electron chi connectivity index (χ2n) is 16.1. The molecule has 0 aliphatic heterocycles. The molecule has 0 spiro atoms. The van der Waals surface area contributed by atoms with Gasteiger partial charge in [-0.1, -0.05) is 75.4 Å². The average Bonchev–Trinajstić information content (AvgIpc) is 3.42. The summed E-state index contributed by atoms with van der Waals surface area (Å²) in [5, 5.41) is 4.47. The zero-order valence-electron chi connectivity index (χ0n) is 27.8. The van der Waals surface area contributed by atoms with Gasteiger partial charge in [0.05, 0.1) is 6.16 Å². The molecule has 0 heterocycles. The van der Waals surface area contributed by atoms with Crippen LogP contribution in [0, 0.1) is 46.3 Å². The number of alkyl halides is 2. The van der Waals surface area contributed by atoms with E-state index in [9.17, 15) is 8.78 Å². The Kier molecular flexibility index (Phi) is 8.55. The third-order valence-electron chi connectivity index (χ3n) is 14.1. The van der Waals surface area contributed by atoms with Gasteiger partial charge in [0.2, 0.25) is 5.92 Å². The maximum Gasteiger partial charge on any atom is 0.248 e. The lowest BCUT2D eigenvalue weighted by atomic mass is 9.44. The Balaban J connectivity index is 1.09. The van der Waals surface area contributed by atoms with Gasteiger partial charge in [0.1, 0.15) is 23.2 Å². The van der Waals surface area contributed by atoms with E-state index in [1.807, 2.05) is 0 Å². The second kappa shape index (κ2) is 12.2. The summed E-state index contributed by atoms with van der Waals surface area (Å²) in [6.45, 7) is 7.64. The monoisotopic (exact) mass is 627 g/mol. The minimum atomic E-state index is -2.44. The number of rotatable bonds is 8. The molecule has 0 radical (unpaired) electrons. The maximum atomic E-state index is 14.5. The standard InChI is InChI=1S/C42H54F2P/c1-31(14-13-29-45(33-15-7-4-8-16-33,34-17-9-5-10-18-34)35-19-11-6-12-20-35)37-23-24-38-36-22-21-32-30-42(43,44)28-27-40(32,2)39(36)25-26-41(37,38)3/h4-12,15-20,31-32,36-39H,13-14,21-30H2,1-3H3/q+1/t31-,32-,36+,37-,38+,39+,40+,41-/m1/s1. The molecule has 4 aliphatic carbocycles. The number of hydrogen-bond acceptors (Lipinski definition) is 0. The molecule has 3 aromatic carbocycles. The molecular weight excluding hydrogens is 573 g/mol. The highest BCUT2D eigenvalue weighted by Crippen LogP contribution is 2.69. The van der Waals surface area contributed by atoms with Crippen LogP contribution in [-0.2, 0) is 0 Å². The van der Waals surface area contributed by atoms with E-state index >= 15 is 0 Å². The highest BCUT2D eigenvalue weighted by atomic mass is 31.2. The van der Waals surface area contributed by atoms with Crippen molar-refractivity contribution in [3.63, 3.8) is 0 Å². The minimum absolute atomic E-state index is 0.115. The second-order valence-corrected chi connectivity index (χ2v) is 19.7. The molecule has 3 aromatic rings. The van der Waals surface area contributed by atoms with E-state index in [-0.39, 0.29) is 24.2 Å². The molecule has 4 aliphatic rings. The lowest BCUT2D eigenvalue weighted by molar-refractivity contribution is -0.164. The van der Waals surface area contributed by atoms with Crippen LogP contribution in [0.15, 0.2) is 91.0 Å². The van der Waals surface area contributed by atoms with Gasteiger partial charge in [-0.25, -0.2) is 8.78 Å². The van der Waals surface area contributed by atoms with Crippen molar-refractivity contribution in [2.45, 2.75) is 97.3 Å². The Morgan fingerprint density at radius 3 is 1.80 bits per heavy atom. The summed E-state index contributed by atoms with van der Waals surface area (Å²) in [6, 6.07) is 34.0. The first kappa shape index (κ1) is 31.5. The Morgan fingerprint density at radius 1 is 0.667 bits per heavy atom. The van der Waals surface area contributed by atoms with Gasteiger partial charge in [0.25, 0.3) is 0 Å². The van der Waals surface area contributed by atoms with E-state index < -0.39 is 13.2 Å². The summed E-state index contributed by atoms with van der Waals surface area (Å²) in [5.41, 5.74) is 0.544. The van der Waals surface area contributed by atoms with Crippen LogP contribution in [0.5, 0.6) is 0 Å². The van der Waals surface area contributed by atoms with Crippen LogP contribution in [0.4, 0.5) is 8.78 Å². The quantitative estimate of drug-likeness (QED) is 0.218. The predicted octanol–water partition coefficient (Wildman–Crippen LogP) is 10.7. The van der Waals surface area contributed by atoms with E-state index in [0.717, 1.165) is 30.6 Å². The minimum Gasteiger partial charge on any atom is -0.207 e. The number of benzene rings is 3. The first-order valence-corrected chi connectivity index (χ1v) is 20.1. The number of halogens is 2. The third-order valence-corrected chi connectivity index (χ3v) is 18.7. The van der Waals surface area contributed by atoms with E-state index in [1.54, 1.807) is 0 Å². The Morgan fingerprint density at radius 2 is 1.22 bits per heavy atom. The van der Waals surface area contributed by atoms with Gasteiger partial charge in [0.15, 0.2) is 0 Å². The zero-order valence-corrected chi connectivity index (χ0v) is 28.7. The van der Waals surface area contributed by atoms with Crippen LogP contribution in [-0.4, -0.2) is 12.1 Å². The fourth-order valence-electron chi connectivity index (χ4n) is 11.9. The fourth-order valence-corrected chi connectivity index (χ4v) is 16.3. The SMILES string of the molecule is C[C@H](CCC[P+](c1ccccc1)(c1ccccc1)c1ccccc1)[C@H]1CC[C@H]2[C@@H]3CC[C@@H]4CC(F)(F)CC[C@]4(C)[C@H]3CC[C@]12C. The van der Waals surface area contributed by atoms with Crippen molar-refractivity contribution in [3.8, 4) is 0 Å². The molecular formula is C42H54F2P+. The first-order chi connectivity index (χ1) is 21.7. The summed E-state index contributed by atoms with van der Waals surface area (Å²) in [4.78, 5) is 0. The van der Waals surface area contributed by atoms with Gasteiger partial charge >= 0.3 is 0 Å².